The van der Waals surface area contributed by atoms with E-state index in [9.17, 15) is 0 Å². The van der Waals surface area contributed by atoms with Crippen LogP contribution in [0.2, 0.25) is 0 Å². The van der Waals surface area contributed by atoms with Gasteiger partial charge in [0.15, 0.2) is 0 Å². The van der Waals surface area contributed by atoms with Crippen LogP contribution in [0.25, 0.3) is 11.4 Å². The van der Waals surface area contributed by atoms with Crippen LogP contribution >= 0.6 is 0 Å². The van der Waals surface area contributed by atoms with Crippen LogP contribution in [-0.4, -0.2) is 41.3 Å². The van der Waals surface area contributed by atoms with Gasteiger partial charge in [0, 0.05) is 24.8 Å². The second kappa shape index (κ2) is 7.89. The summed E-state index contributed by atoms with van der Waals surface area (Å²) in [7, 11) is 0. The highest BCUT2D eigenvalue weighted by Crippen LogP contribution is 2.20. The van der Waals surface area contributed by atoms with E-state index in [4.69, 9.17) is 4.52 Å². The average molecular weight is 301 g/mol. The molecular formula is C16H23N5O. The second-order valence-corrected chi connectivity index (χ2v) is 5.66. The van der Waals surface area contributed by atoms with Crippen LogP contribution in [0.4, 0.5) is 5.82 Å². The van der Waals surface area contributed by atoms with Gasteiger partial charge in [-0.15, -0.1) is 0 Å². The van der Waals surface area contributed by atoms with Crippen molar-refractivity contribution in [2.75, 3.05) is 31.1 Å². The van der Waals surface area contributed by atoms with Gasteiger partial charge in [0.1, 0.15) is 5.82 Å². The smallest absolute Gasteiger partial charge is 0.214 e. The Morgan fingerprint density at radius 2 is 1.77 bits per heavy atom. The Morgan fingerprint density at radius 1 is 0.955 bits per heavy atom. The molecule has 0 spiro atoms. The van der Waals surface area contributed by atoms with Crippen molar-refractivity contribution in [2.24, 2.45) is 0 Å². The lowest BCUT2D eigenvalue weighted by molar-refractivity contribution is 0.418. The Balaban J connectivity index is 0.000000246. The number of pyridine rings is 1. The molecule has 2 aliphatic rings. The van der Waals surface area contributed by atoms with Crippen molar-refractivity contribution in [3.8, 4) is 11.4 Å². The first kappa shape index (κ1) is 15.0. The van der Waals surface area contributed by atoms with Crippen molar-refractivity contribution >= 4 is 5.82 Å². The Kier molecular flexibility index (Phi) is 5.37. The van der Waals surface area contributed by atoms with Crippen molar-refractivity contribution in [2.45, 2.75) is 32.1 Å². The summed E-state index contributed by atoms with van der Waals surface area (Å²) in [5.74, 6) is 1.62. The number of anilines is 1. The number of rotatable bonds is 2. The highest BCUT2D eigenvalue weighted by atomic mass is 16.5. The molecule has 6 heteroatoms. The lowest BCUT2D eigenvalue weighted by Gasteiger charge is -2.27. The van der Waals surface area contributed by atoms with Crippen molar-refractivity contribution < 1.29 is 4.52 Å². The van der Waals surface area contributed by atoms with Crippen molar-refractivity contribution in [1.82, 2.24) is 20.4 Å². The molecule has 4 rings (SSSR count). The minimum Gasteiger partial charge on any atom is -0.357 e. The number of nitrogens with one attached hydrogen (secondary N) is 1. The first-order valence-electron chi connectivity index (χ1n) is 8.12. The lowest BCUT2D eigenvalue weighted by Crippen LogP contribution is -2.29. The van der Waals surface area contributed by atoms with Gasteiger partial charge < -0.3 is 14.7 Å². The molecule has 2 aromatic rings. The molecule has 0 saturated carbocycles. The summed E-state index contributed by atoms with van der Waals surface area (Å²) in [5.41, 5.74) is 0.888. The fraction of sp³-hybridized carbons (Fsp3) is 0.562. The molecule has 0 radical (unpaired) electrons. The molecule has 118 valence electrons. The molecule has 2 saturated heterocycles. The van der Waals surface area contributed by atoms with Crippen LogP contribution < -0.4 is 10.2 Å². The van der Waals surface area contributed by atoms with E-state index < -0.39 is 0 Å². The predicted octanol–water partition coefficient (Wildman–Crippen LogP) is 2.49. The van der Waals surface area contributed by atoms with Crippen LogP contribution in [0.3, 0.4) is 0 Å². The maximum Gasteiger partial charge on any atom is 0.214 e. The Labute approximate surface area is 130 Å². The van der Waals surface area contributed by atoms with Crippen LogP contribution in [0.1, 0.15) is 32.1 Å². The molecule has 0 amide bonds. The van der Waals surface area contributed by atoms with Gasteiger partial charge in [0.05, 0.1) is 0 Å². The van der Waals surface area contributed by atoms with E-state index in [1.165, 1.54) is 51.6 Å². The van der Waals surface area contributed by atoms with E-state index >= 15 is 0 Å². The molecule has 0 aromatic carbocycles. The summed E-state index contributed by atoms with van der Waals surface area (Å²) < 4.78 is 4.72. The standard InChI is InChI=1S/C12H14N4O.C4H9N/c1-2-6-16(7-3-1)11-5-4-10(8-13-11)12-14-9-17-15-12;1-2-4-5-3-1/h4-5,8-9H,1-3,6-7H2;5H,1-4H2. The molecule has 2 aromatic heterocycles. The molecule has 4 heterocycles. The van der Waals surface area contributed by atoms with Crippen molar-refractivity contribution in [1.29, 1.82) is 0 Å². The maximum atomic E-state index is 4.72. The number of hydrogen-bond donors (Lipinski definition) is 1. The normalized spacial score (nSPS) is 17.9. The summed E-state index contributed by atoms with van der Waals surface area (Å²) in [6.45, 7) is 4.71. The summed E-state index contributed by atoms with van der Waals surface area (Å²) in [4.78, 5) is 10.8. The Morgan fingerprint density at radius 3 is 2.32 bits per heavy atom. The number of nitrogens with zero attached hydrogens (tertiary/aromatic N) is 4. The Hall–Kier alpha value is -1.95. The van der Waals surface area contributed by atoms with Gasteiger partial charge in [0.2, 0.25) is 12.2 Å². The SMILES string of the molecule is C1CCNC1.c1nc(-c2ccc(N3CCCCC3)nc2)no1. The first-order chi connectivity index (χ1) is 10.9. The molecular weight excluding hydrogens is 278 g/mol. The van der Waals surface area contributed by atoms with E-state index in [1.807, 2.05) is 12.1 Å². The van der Waals surface area contributed by atoms with Crippen LogP contribution in [0.15, 0.2) is 29.2 Å². The third-order valence-corrected chi connectivity index (χ3v) is 4.00. The minimum absolute atomic E-state index is 0.586. The van der Waals surface area contributed by atoms with Gasteiger partial charge in [0.25, 0.3) is 0 Å². The Bertz CT molecular complexity index is 523. The van der Waals surface area contributed by atoms with Crippen LogP contribution in [0.5, 0.6) is 0 Å². The molecule has 6 nitrogen and oxygen atoms in total. The van der Waals surface area contributed by atoms with Gasteiger partial charge in [-0.2, -0.15) is 4.98 Å². The summed E-state index contributed by atoms with van der Waals surface area (Å²) in [5, 5.41) is 7.01. The van der Waals surface area contributed by atoms with Gasteiger partial charge in [-0.05, 0) is 57.3 Å². The molecule has 2 fully saturated rings. The zero-order valence-corrected chi connectivity index (χ0v) is 12.9. The van der Waals surface area contributed by atoms with E-state index in [-0.39, 0.29) is 0 Å². The minimum atomic E-state index is 0.586. The predicted molar refractivity (Wildman–Crippen MR) is 85.7 cm³/mol. The molecule has 0 unspecified atom stereocenters. The second-order valence-electron chi connectivity index (χ2n) is 5.66. The number of piperidine rings is 1. The summed E-state index contributed by atoms with van der Waals surface area (Å²) in [6.07, 6.45) is 9.75. The highest BCUT2D eigenvalue weighted by Gasteiger charge is 2.12. The third kappa shape index (κ3) is 4.04. The largest absolute Gasteiger partial charge is 0.357 e. The van der Waals surface area contributed by atoms with E-state index in [0.717, 1.165) is 24.5 Å². The topological polar surface area (TPSA) is 67.1 Å². The van der Waals surface area contributed by atoms with Crippen molar-refractivity contribution in [3.63, 3.8) is 0 Å². The molecule has 0 atom stereocenters. The van der Waals surface area contributed by atoms with Crippen LogP contribution in [0, 0.1) is 0 Å². The van der Waals surface area contributed by atoms with Crippen LogP contribution in [-0.2, 0) is 0 Å². The van der Waals surface area contributed by atoms with E-state index in [1.54, 1.807) is 6.20 Å². The monoisotopic (exact) mass is 301 g/mol. The fourth-order valence-corrected chi connectivity index (χ4v) is 2.75. The van der Waals surface area contributed by atoms with Gasteiger partial charge in [-0.25, -0.2) is 4.98 Å². The first-order valence-corrected chi connectivity index (χ1v) is 8.12. The average Bonchev–Trinajstić information content (AvgIpc) is 3.32. The summed E-state index contributed by atoms with van der Waals surface area (Å²) in [6, 6.07) is 4.01. The third-order valence-electron chi connectivity index (χ3n) is 4.00. The quantitative estimate of drug-likeness (QED) is 0.919. The van der Waals surface area contributed by atoms with Gasteiger partial charge >= 0.3 is 0 Å². The van der Waals surface area contributed by atoms with Crippen molar-refractivity contribution in [3.05, 3.63) is 24.7 Å². The summed E-state index contributed by atoms with van der Waals surface area (Å²) >= 11 is 0. The van der Waals surface area contributed by atoms with Gasteiger partial charge in [-0.1, -0.05) is 5.16 Å². The fourth-order valence-electron chi connectivity index (χ4n) is 2.75. The zero-order valence-electron chi connectivity index (χ0n) is 12.9. The lowest BCUT2D eigenvalue weighted by atomic mass is 10.1. The molecule has 1 N–H and O–H groups in total. The zero-order chi connectivity index (χ0) is 15.0. The highest BCUT2D eigenvalue weighted by molar-refractivity contribution is 5.55. The van der Waals surface area contributed by atoms with E-state index in [2.05, 4.69) is 25.3 Å². The maximum absolute atomic E-state index is 4.72. The number of hydrogen-bond acceptors (Lipinski definition) is 6. The molecule has 2 aliphatic heterocycles. The molecule has 0 bridgehead atoms. The van der Waals surface area contributed by atoms with Gasteiger partial charge in [-0.3, -0.25) is 0 Å². The van der Waals surface area contributed by atoms with E-state index in [0.29, 0.717) is 5.82 Å². The molecule has 22 heavy (non-hydrogen) atoms. The number of aromatic nitrogens is 3. The molecule has 0 aliphatic carbocycles.